The van der Waals surface area contributed by atoms with Crippen LogP contribution in [0.5, 0.6) is 0 Å². The third-order valence-corrected chi connectivity index (χ3v) is 4.21. The molecule has 3 rings (SSSR count). The second-order valence-corrected chi connectivity index (χ2v) is 6.39. The Morgan fingerprint density at radius 3 is 2.32 bits per heavy atom. The van der Waals surface area contributed by atoms with Crippen LogP contribution in [0.1, 0.15) is 23.2 Å². The smallest absolute Gasteiger partial charge is 0.293 e. The Bertz CT molecular complexity index is 896. The van der Waals surface area contributed by atoms with Crippen LogP contribution in [-0.2, 0) is 0 Å². The third kappa shape index (κ3) is 4.93. The molecule has 1 amide bonds. The lowest BCUT2D eigenvalue weighted by Crippen LogP contribution is -2.28. The van der Waals surface area contributed by atoms with E-state index < -0.39 is 15.8 Å². The summed E-state index contributed by atoms with van der Waals surface area (Å²) < 4.78 is 0. The molecule has 0 aromatic heterocycles. The Hall–Kier alpha value is -3.69. The van der Waals surface area contributed by atoms with Gasteiger partial charge in [0, 0.05) is 48.6 Å². The van der Waals surface area contributed by atoms with Gasteiger partial charge in [-0.25, -0.2) is 0 Å². The molecule has 2 aromatic rings. The highest BCUT2D eigenvalue weighted by Gasteiger charge is 2.25. The minimum Gasteiger partial charge on any atom is -0.383 e. The van der Waals surface area contributed by atoms with Gasteiger partial charge < -0.3 is 16.0 Å². The molecule has 0 bridgehead atoms. The zero-order chi connectivity index (χ0) is 20.1. The number of carbonyl (C=O) groups is 1. The van der Waals surface area contributed by atoms with Crippen LogP contribution in [0.4, 0.5) is 22.7 Å². The molecule has 0 unspecified atom stereocenters. The van der Waals surface area contributed by atoms with Crippen molar-refractivity contribution < 1.29 is 14.6 Å². The van der Waals surface area contributed by atoms with Crippen molar-refractivity contribution in [2.45, 2.75) is 18.9 Å². The summed E-state index contributed by atoms with van der Waals surface area (Å²) in [5.41, 5.74) is 1.20. The van der Waals surface area contributed by atoms with Crippen LogP contribution in [0.25, 0.3) is 0 Å². The Morgan fingerprint density at radius 1 is 1.00 bits per heavy atom. The first kappa shape index (κ1) is 19.1. The Balaban J connectivity index is 1.52. The fourth-order valence-electron chi connectivity index (χ4n) is 2.58. The average Bonchev–Trinajstić information content (AvgIpc) is 3.49. The molecule has 0 atom stereocenters. The molecule has 2 aromatic carbocycles. The number of hydrogen-bond donors (Lipinski definition) is 3. The standard InChI is InChI=1S/C18H19N5O5/c24-18(20-10-9-19-13-4-6-15(7-5-13)22(25)26)12-1-8-16(21-14-2-3-14)17(11-12)23(27)28/h1,4-8,11,14,19,21H,2-3,9-10H2,(H,20,24). The number of carbonyl (C=O) groups excluding carboxylic acids is 1. The van der Waals surface area contributed by atoms with Crippen molar-refractivity contribution in [2.75, 3.05) is 23.7 Å². The fraction of sp³-hybridized carbons (Fsp3) is 0.278. The van der Waals surface area contributed by atoms with Gasteiger partial charge in [0.05, 0.1) is 9.85 Å². The quantitative estimate of drug-likeness (QED) is 0.342. The van der Waals surface area contributed by atoms with Crippen LogP contribution in [0.2, 0.25) is 0 Å². The van der Waals surface area contributed by atoms with Gasteiger partial charge in [-0.3, -0.25) is 25.0 Å². The number of rotatable bonds is 9. The third-order valence-electron chi connectivity index (χ3n) is 4.21. The maximum Gasteiger partial charge on any atom is 0.293 e. The monoisotopic (exact) mass is 385 g/mol. The molecule has 1 aliphatic carbocycles. The molecule has 1 saturated carbocycles. The number of nitro groups is 2. The molecule has 0 saturated heterocycles. The van der Waals surface area contributed by atoms with E-state index in [0.717, 1.165) is 12.8 Å². The molecule has 10 nitrogen and oxygen atoms in total. The van der Waals surface area contributed by atoms with Crippen molar-refractivity contribution in [2.24, 2.45) is 0 Å². The first-order chi connectivity index (χ1) is 13.4. The van der Waals surface area contributed by atoms with Gasteiger partial charge in [-0.15, -0.1) is 0 Å². The lowest BCUT2D eigenvalue weighted by molar-refractivity contribution is -0.384. The van der Waals surface area contributed by atoms with E-state index in [-0.39, 0.29) is 29.5 Å². The number of anilines is 2. The van der Waals surface area contributed by atoms with Crippen molar-refractivity contribution in [3.63, 3.8) is 0 Å². The van der Waals surface area contributed by atoms with Gasteiger partial charge in [0.25, 0.3) is 17.3 Å². The van der Waals surface area contributed by atoms with E-state index in [1.165, 1.54) is 18.2 Å². The summed E-state index contributed by atoms with van der Waals surface area (Å²) in [5, 5.41) is 30.7. The molecule has 0 radical (unpaired) electrons. The summed E-state index contributed by atoms with van der Waals surface area (Å²) in [6.45, 7) is 0.679. The van der Waals surface area contributed by atoms with E-state index in [1.807, 2.05) is 0 Å². The summed E-state index contributed by atoms with van der Waals surface area (Å²) in [4.78, 5) is 33.1. The highest BCUT2D eigenvalue weighted by atomic mass is 16.6. The number of non-ortho nitro benzene ring substituents is 1. The topological polar surface area (TPSA) is 139 Å². The predicted molar refractivity (Wildman–Crippen MR) is 104 cm³/mol. The number of amides is 1. The second kappa shape index (κ2) is 8.33. The van der Waals surface area contributed by atoms with Gasteiger partial charge in [-0.05, 0) is 37.1 Å². The summed E-state index contributed by atoms with van der Waals surface area (Å²) in [6.07, 6.45) is 1.97. The zero-order valence-corrected chi connectivity index (χ0v) is 14.9. The summed E-state index contributed by atoms with van der Waals surface area (Å²) in [7, 11) is 0. The van der Waals surface area contributed by atoms with Crippen molar-refractivity contribution in [1.29, 1.82) is 0 Å². The summed E-state index contributed by atoms with van der Waals surface area (Å²) >= 11 is 0. The number of hydrogen-bond acceptors (Lipinski definition) is 7. The van der Waals surface area contributed by atoms with E-state index in [0.29, 0.717) is 17.9 Å². The lowest BCUT2D eigenvalue weighted by atomic mass is 10.1. The Kier molecular flexibility index (Phi) is 5.68. The fourth-order valence-corrected chi connectivity index (χ4v) is 2.58. The molecule has 146 valence electrons. The van der Waals surface area contributed by atoms with Crippen LogP contribution < -0.4 is 16.0 Å². The molecule has 3 N–H and O–H groups in total. The Labute approximate surface area is 160 Å². The average molecular weight is 385 g/mol. The van der Waals surface area contributed by atoms with Gasteiger partial charge >= 0.3 is 0 Å². The molecular formula is C18H19N5O5. The molecule has 1 fully saturated rings. The first-order valence-corrected chi connectivity index (χ1v) is 8.75. The van der Waals surface area contributed by atoms with E-state index in [9.17, 15) is 25.0 Å². The molecule has 0 aliphatic heterocycles. The van der Waals surface area contributed by atoms with Crippen molar-refractivity contribution in [1.82, 2.24) is 5.32 Å². The van der Waals surface area contributed by atoms with Crippen LogP contribution in [0.3, 0.4) is 0 Å². The van der Waals surface area contributed by atoms with Gasteiger partial charge in [0.2, 0.25) is 0 Å². The molecular weight excluding hydrogens is 366 g/mol. The number of nitrogens with zero attached hydrogens (tertiary/aromatic N) is 2. The summed E-state index contributed by atoms with van der Waals surface area (Å²) in [6, 6.07) is 10.6. The van der Waals surface area contributed by atoms with Crippen LogP contribution in [-0.4, -0.2) is 34.9 Å². The van der Waals surface area contributed by atoms with Crippen molar-refractivity contribution in [3.05, 3.63) is 68.3 Å². The minimum absolute atomic E-state index is 0.0000641. The van der Waals surface area contributed by atoms with E-state index in [2.05, 4.69) is 16.0 Å². The van der Waals surface area contributed by atoms with E-state index in [1.54, 1.807) is 24.3 Å². The molecule has 0 heterocycles. The second-order valence-electron chi connectivity index (χ2n) is 6.39. The molecule has 0 spiro atoms. The number of nitro benzene ring substituents is 2. The maximum atomic E-state index is 12.2. The van der Waals surface area contributed by atoms with Crippen molar-refractivity contribution >= 4 is 28.7 Å². The van der Waals surface area contributed by atoms with Crippen molar-refractivity contribution in [3.8, 4) is 0 Å². The zero-order valence-electron chi connectivity index (χ0n) is 14.9. The largest absolute Gasteiger partial charge is 0.383 e. The molecule has 10 heteroatoms. The highest BCUT2D eigenvalue weighted by Crippen LogP contribution is 2.31. The van der Waals surface area contributed by atoms with Gasteiger partial charge in [-0.1, -0.05) is 0 Å². The number of benzene rings is 2. The Morgan fingerprint density at radius 2 is 1.71 bits per heavy atom. The van der Waals surface area contributed by atoms with Gasteiger partial charge in [-0.2, -0.15) is 0 Å². The SMILES string of the molecule is O=C(NCCNc1ccc([N+](=O)[O-])cc1)c1ccc(NC2CC2)c([N+](=O)[O-])c1. The number of nitrogens with one attached hydrogen (secondary N) is 3. The van der Waals surface area contributed by atoms with Gasteiger partial charge in [0.1, 0.15) is 5.69 Å². The lowest BCUT2D eigenvalue weighted by Gasteiger charge is -2.10. The van der Waals surface area contributed by atoms with E-state index >= 15 is 0 Å². The predicted octanol–water partition coefficient (Wildman–Crippen LogP) is 2.92. The molecule has 1 aliphatic rings. The maximum absolute atomic E-state index is 12.2. The summed E-state index contributed by atoms with van der Waals surface area (Å²) in [5.74, 6) is -0.411. The normalized spacial score (nSPS) is 12.9. The van der Waals surface area contributed by atoms with Crippen LogP contribution in [0.15, 0.2) is 42.5 Å². The highest BCUT2D eigenvalue weighted by molar-refractivity contribution is 5.95. The minimum atomic E-state index is -0.502. The van der Waals surface area contributed by atoms with Gasteiger partial charge in [0.15, 0.2) is 0 Å². The first-order valence-electron chi connectivity index (χ1n) is 8.75. The van der Waals surface area contributed by atoms with Crippen LogP contribution >= 0.6 is 0 Å². The molecule has 28 heavy (non-hydrogen) atoms. The van der Waals surface area contributed by atoms with Crippen LogP contribution in [0, 0.1) is 20.2 Å². The van der Waals surface area contributed by atoms with E-state index in [4.69, 9.17) is 0 Å².